The first-order valence-electron chi connectivity index (χ1n) is 10.4. The van der Waals surface area contributed by atoms with Gasteiger partial charge in [0.15, 0.2) is 0 Å². The van der Waals surface area contributed by atoms with Crippen molar-refractivity contribution in [3.05, 3.63) is 33.3 Å². The summed E-state index contributed by atoms with van der Waals surface area (Å²) in [7, 11) is -1.86. The molecule has 2 amide bonds. The number of carbonyl (C=O) groups is 2. The van der Waals surface area contributed by atoms with Crippen molar-refractivity contribution in [2.75, 3.05) is 19.8 Å². The van der Waals surface area contributed by atoms with Crippen LogP contribution in [0.25, 0.3) is 0 Å². The molecule has 1 unspecified atom stereocenters. The molecule has 0 aliphatic heterocycles. The maximum Gasteiger partial charge on any atom is 0.633 e. The lowest BCUT2D eigenvalue weighted by Gasteiger charge is -2.38. The first-order chi connectivity index (χ1) is 14.8. The van der Waals surface area contributed by atoms with Gasteiger partial charge in [-0.1, -0.05) is 62.1 Å². The van der Waals surface area contributed by atoms with Gasteiger partial charge in [-0.2, -0.15) is 0 Å². The minimum atomic E-state index is -1.86. The molecule has 0 saturated heterocycles. The quantitative estimate of drug-likeness (QED) is 0.242. The fourth-order valence-electron chi connectivity index (χ4n) is 3.25. The van der Waals surface area contributed by atoms with Gasteiger partial charge in [0.05, 0.1) is 42.5 Å². The smallest absolute Gasteiger partial charge is 0.402 e. The molecule has 0 saturated carbocycles. The molecular formula is C21H33BBrClN2O6. The summed E-state index contributed by atoms with van der Waals surface area (Å²) in [6, 6.07) is 4.59. The Kier molecular flexibility index (Phi) is 12.2. The van der Waals surface area contributed by atoms with Gasteiger partial charge in [0.25, 0.3) is 5.91 Å². The monoisotopic (exact) mass is 534 g/mol. The topological polar surface area (TPSA) is 117 Å². The van der Waals surface area contributed by atoms with Gasteiger partial charge in [0.2, 0.25) is 5.91 Å². The summed E-state index contributed by atoms with van der Waals surface area (Å²) in [5, 5.41) is 23.5. The zero-order chi connectivity index (χ0) is 24.5. The van der Waals surface area contributed by atoms with Crippen molar-refractivity contribution in [1.82, 2.24) is 10.6 Å². The average Bonchev–Trinajstić information content (AvgIpc) is 2.65. The van der Waals surface area contributed by atoms with Gasteiger partial charge in [-0.3, -0.25) is 9.59 Å². The number of rotatable bonds is 12. The summed E-state index contributed by atoms with van der Waals surface area (Å²) in [5.41, 5.74) is -0.0489. The first kappa shape index (κ1) is 28.9. The number of carbonyl (C=O) groups excluding carboxylic acids is 2. The Hall–Kier alpha value is -1.17. The minimum Gasteiger partial charge on any atom is -0.402 e. The van der Waals surface area contributed by atoms with Crippen molar-refractivity contribution in [2.24, 2.45) is 11.3 Å². The normalized spacial score (nSPS) is 13.6. The van der Waals surface area contributed by atoms with Gasteiger partial charge in [0, 0.05) is 4.47 Å². The molecule has 8 nitrogen and oxygen atoms in total. The van der Waals surface area contributed by atoms with Crippen LogP contribution in [-0.4, -0.2) is 61.1 Å². The van der Waals surface area contributed by atoms with Crippen molar-refractivity contribution in [3.63, 3.8) is 0 Å². The van der Waals surface area contributed by atoms with E-state index in [1.807, 2.05) is 34.6 Å². The molecule has 0 aliphatic rings. The number of benzene rings is 1. The van der Waals surface area contributed by atoms with Gasteiger partial charge in [-0.15, -0.1) is 0 Å². The molecule has 1 rings (SSSR count). The fraction of sp³-hybridized carbons (Fsp3) is 0.619. The SMILES string of the molecule is CC(C)C[C@@H](NC(=O)CNC(=O)c1cc(Br)ccc1Cl)C(OCCOB(O)O)C(C)(C)C. The molecule has 1 aromatic carbocycles. The van der Waals surface area contributed by atoms with Crippen molar-refractivity contribution < 1.29 is 29.0 Å². The van der Waals surface area contributed by atoms with Crippen molar-refractivity contribution in [1.29, 1.82) is 0 Å². The highest BCUT2D eigenvalue weighted by Crippen LogP contribution is 2.28. The van der Waals surface area contributed by atoms with E-state index in [1.54, 1.807) is 18.2 Å². The third-order valence-corrected chi connectivity index (χ3v) is 5.34. The van der Waals surface area contributed by atoms with E-state index >= 15 is 0 Å². The zero-order valence-electron chi connectivity index (χ0n) is 19.2. The molecule has 1 aromatic rings. The average molecular weight is 536 g/mol. The van der Waals surface area contributed by atoms with Crippen LogP contribution in [0.15, 0.2) is 22.7 Å². The second-order valence-electron chi connectivity index (χ2n) is 8.96. The zero-order valence-corrected chi connectivity index (χ0v) is 21.5. The highest BCUT2D eigenvalue weighted by molar-refractivity contribution is 9.10. The maximum absolute atomic E-state index is 12.7. The summed E-state index contributed by atoms with van der Waals surface area (Å²) in [6.07, 6.45) is 0.284. The summed E-state index contributed by atoms with van der Waals surface area (Å²) >= 11 is 9.38. The van der Waals surface area contributed by atoms with E-state index in [4.69, 9.17) is 31.0 Å². The Labute approximate surface area is 203 Å². The Balaban J connectivity index is 2.80. The van der Waals surface area contributed by atoms with Crippen LogP contribution in [0.4, 0.5) is 0 Å². The Morgan fingerprint density at radius 1 is 1.22 bits per heavy atom. The number of nitrogens with one attached hydrogen (secondary N) is 2. The van der Waals surface area contributed by atoms with E-state index in [0.717, 1.165) is 0 Å². The van der Waals surface area contributed by atoms with Crippen LogP contribution in [0.2, 0.25) is 5.02 Å². The lowest BCUT2D eigenvalue weighted by Crippen LogP contribution is -2.53. The highest BCUT2D eigenvalue weighted by Gasteiger charge is 2.34. The molecule has 4 N–H and O–H groups in total. The van der Waals surface area contributed by atoms with Crippen LogP contribution >= 0.6 is 27.5 Å². The fourth-order valence-corrected chi connectivity index (χ4v) is 3.81. The van der Waals surface area contributed by atoms with Gasteiger partial charge < -0.3 is 30.1 Å². The van der Waals surface area contributed by atoms with E-state index in [-0.39, 0.29) is 54.7 Å². The predicted octanol–water partition coefficient (Wildman–Crippen LogP) is 2.78. The van der Waals surface area contributed by atoms with Crippen LogP contribution < -0.4 is 10.6 Å². The summed E-state index contributed by atoms with van der Waals surface area (Å²) in [4.78, 5) is 25.1. The molecule has 0 fully saturated rings. The number of hydrogen-bond donors (Lipinski definition) is 4. The van der Waals surface area contributed by atoms with Gasteiger partial charge in [0.1, 0.15) is 0 Å². The van der Waals surface area contributed by atoms with E-state index < -0.39 is 13.2 Å². The Morgan fingerprint density at radius 2 is 1.88 bits per heavy atom. The van der Waals surface area contributed by atoms with Gasteiger partial charge >= 0.3 is 7.32 Å². The third-order valence-electron chi connectivity index (χ3n) is 4.52. The summed E-state index contributed by atoms with van der Waals surface area (Å²) < 4.78 is 11.4. The van der Waals surface area contributed by atoms with Crippen LogP contribution in [0, 0.1) is 11.3 Å². The molecular weight excluding hydrogens is 502 g/mol. The maximum atomic E-state index is 12.7. The van der Waals surface area contributed by atoms with Crippen LogP contribution in [0.1, 0.15) is 51.4 Å². The lowest BCUT2D eigenvalue weighted by atomic mass is 9.81. The van der Waals surface area contributed by atoms with E-state index in [9.17, 15) is 9.59 Å². The van der Waals surface area contributed by atoms with Crippen molar-refractivity contribution in [3.8, 4) is 0 Å². The van der Waals surface area contributed by atoms with Crippen LogP contribution in [-0.2, 0) is 14.2 Å². The van der Waals surface area contributed by atoms with Crippen molar-refractivity contribution in [2.45, 2.75) is 53.2 Å². The molecule has 2 atom stereocenters. The number of halogens is 2. The minimum absolute atomic E-state index is 0.00392. The van der Waals surface area contributed by atoms with Crippen molar-refractivity contribution >= 4 is 46.7 Å². The molecule has 0 aromatic heterocycles. The number of hydrogen-bond acceptors (Lipinski definition) is 6. The molecule has 0 bridgehead atoms. The summed E-state index contributed by atoms with van der Waals surface area (Å²) in [5.74, 6) is -0.524. The summed E-state index contributed by atoms with van der Waals surface area (Å²) in [6.45, 7) is 9.98. The second-order valence-corrected chi connectivity index (χ2v) is 10.3. The molecule has 32 heavy (non-hydrogen) atoms. The Bertz CT molecular complexity index is 760. The van der Waals surface area contributed by atoms with E-state index in [0.29, 0.717) is 15.9 Å². The van der Waals surface area contributed by atoms with Gasteiger partial charge in [-0.25, -0.2) is 0 Å². The molecule has 0 spiro atoms. The van der Waals surface area contributed by atoms with Gasteiger partial charge in [-0.05, 0) is 36.0 Å². The number of amides is 2. The molecule has 0 radical (unpaired) electrons. The number of ether oxygens (including phenoxy) is 1. The highest BCUT2D eigenvalue weighted by atomic mass is 79.9. The third kappa shape index (κ3) is 10.6. The first-order valence-corrected chi connectivity index (χ1v) is 11.6. The van der Waals surface area contributed by atoms with E-state index in [2.05, 4.69) is 26.6 Å². The predicted molar refractivity (Wildman–Crippen MR) is 128 cm³/mol. The largest absolute Gasteiger partial charge is 0.633 e. The molecule has 11 heteroatoms. The Morgan fingerprint density at radius 3 is 2.44 bits per heavy atom. The molecule has 0 aliphatic carbocycles. The van der Waals surface area contributed by atoms with Crippen LogP contribution in [0.5, 0.6) is 0 Å². The molecule has 180 valence electrons. The second kappa shape index (κ2) is 13.5. The van der Waals surface area contributed by atoms with E-state index in [1.165, 1.54) is 0 Å². The molecule has 0 heterocycles. The lowest BCUT2D eigenvalue weighted by molar-refractivity contribution is -0.124. The standard InChI is InChI=1S/C21H33BBrClN2O6/c1-13(2)10-17(19(21(3,4)5)31-8-9-32-22(29)30)26-18(27)12-25-20(28)15-11-14(23)6-7-16(15)24/h6-7,11,13,17,19,29-30H,8-10,12H2,1-5H3,(H,25,28)(H,26,27)/t17-,19?/m1/s1. The van der Waals surface area contributed by atoms with Crippen LogP contribution in [0.3, 0.4) is 0 Å².